The lowest BCUT2D eigenvalue weighted by Crippen LogP contribution is -2.26. The topological polar surface area (TPSA) is 143 Å². The number of carbonyl (C=O) groups excluding carboxylic acids is 1. The second kappa shape index (κ2) is 9.55. The van der Waals surface area contributed by atoms with Gasteiger partial charge >= 0.3 is 0 Å². The van der Waals surface area contributed by atoms with Crippen molar-refractivity contribution in [2.24, 2.45) is 5.73 Å². The molecular formula is C23H26FN7O3S. The molecule has 0 spiro atoms. The van der Waals surface area contributed by atoms with Crippen LogP contribution in [0.1, 0.15) is 35.5 Å². The molecule has 10 nitrogen and oxygen atoms in total. The van der Waals surface area contributed by atoms with Gasteiger partial charge in [0.15, 0.2) is 21.3 Å². The van der Waals surface area contributed by atoms with Crippen molar-refractivity contribution in [1.82, 2.24) is 20.1 Å². The number of anilines is 4. The Balaban J connectivity index is 1.71. The lowest BCUT2D eigenvalue weighted by atomic mass is 9.99. The molecule has 2 heterocycles. The van der Waals surface area contributed by atoms with Crippen LogP contribution >= 0.6 is 0 Å². The minimum absolute atomic E-state index is 0.0309. The summed E-state index contributed by atoms with van der Waals surface area (Å²) < 4.78 is 40.4. The van der Waals surface area contributed by atoms with Gasteiger partial charge in [0.1, 0.15) is 5.82 Å². The van der Waals surface area contributed by atoms with E-state index in [0.29, 0.717) is 6.54 Å². The fourth-order valence-corrected chi connectivity index (χ4v) is 4.97. The minimum atomic E-state index is -3.65. The average molecular weight is 500 g/mol. The Morgan fingerprint density at radius 1 is 1.11 bits per heavy atom. The number of fused-ring (bicyclic) bond motifs is 1. The second-order valence-electron chi connectivity index (χ2n) is 8.63. The van der Waals surface area contributed by atoms with E-state index in [2.05, 4.69) is 30.7 Å². The number of primary amides is 1. The summed E-state index contributed by atoms with van der Waals surface area (Å²) in [5.41, 5.74) is 7.41. The summed E-state index contributed by atoms with van der Waals surface area (Å²) >= 11 is 0. The lowest BCUT2D eigenvalue weighted by Gasteiger charge is -2.25. The van der Waals surface area contributed by atoms with Gasteiger partial charge in [-0.25, -0.2) is 12.8 Å². The van der Waals surface area contributed by atoms with Gasteiger partial charge in [0.25, 0.3) is 5.91 Å². The number of halogens is 1. The van der Waals surface area contributed by atoms with Crippen molar-refractivity contribution >= 4 is 38.9 Å². The monoisotopic (exact) mass is 499 g/mol. The van der Waals surface area contributed by atoms with E-state index < -0.39 is 26.8 Å². The Morgan fingerprint density at radius 2 is 1.86 bits per heavy atom. The van der Waals surface area contributed by atoms with Crippen LogP contribution in [-0.2, 0) is 22.8 Å². The zero-order valence-corrected chi connectivity index (χ0v) is 20.4. The van der Waals surface area contributed by atoms with Crippen LogP contribution in [0.3, 0.4) is 0 Å². The van der Waals surface area contributed by atoms with Crippen LogP contribution in [0.25, 0.3) is 0 Å². The fourth-order valence-electron chi connectivity index (χ4n) is 3.77. The third-order valence-electron chi connectivity index (χ3n) is 5.73. The Kier molecular flexibility index (Phi) is 6.68. The number of benzene rings is 2. The summed E-state index contributed by atoms with van der Waals surface area (Å²) in [7, 11) is -1.66. The molecule has 12 heteroatoms. The van der Waals surface area contributed by atoms with Crippen LogP contribution in [0.4, 0.5) is 27.5 Å². The molecule has 0 saturated carbocycles. The molecule has 0 bridgehead atoms. The van der Waals surface area contributed by atoms with E-state index in [1.54, 1.807) is 32.0 Å². The number of hydrogen-bond acceptors (Lipinski definition) is 9. The number of aromatic nitrogens is 3. The van der Waals surface area contributed by atoms with Crippen molar-refractivity contribution in [3.05, 3.63) is 59.0 Å². The molecule has 2 aromatic carbocycles. The van der Waals surface area contributed by atoms with Gasteiger partial charge in [-0.15, -0.1) is 10.2 Å². The van der Waals surface area contributed by atoms with Crippen molar-refractivity contribution in [3.8, 4) is 0 Å². The average Bonchev–Trinajstić information content (AvgIpc) is 2.80. The summed E-state index contributed by atoms with van der Waals surface area (Å²) in [6, 6.07) is 9.41. The minimum Gasteiger partial charge on any atom is -0.364 e. The van der Waals surface area contributed by atoms with Gasteiger partial charge in [0, 0.05) is 13.1 Å². The van der Waals surface area contributed by atoms with Crippen molar-refractivity contribution in [2.45, 2.75) is 37.0 Å². The van der Waals surface area contributed by atoms with Crippen LogP contribution < -0.4 is 16.4 Å². The predicted molar refractivity (Wildman–Crippen MR) is 130 cm³/mol. The summed E-state index contributed by atoms with van der Waals surface area (Å²) in [5.74, 6) is -1.59. The summed E-state index contributed by atoms with van der Waals surface area (Å²) in [6.45, 7) is 4.67. The lowest BCUT2D eigenvalue weighted by molar-refractivity contribution is 0.0995. The van der Waals surface area contributed by atoms with Crippen molar-refractivity contribution in [1.29, 1.82) is 0 Å². The number of carbonyl (C=O) groups is 1. The van der Waals surface area contributed by atoms with Gasteiger partial charge in [0.05, 0.1) is 21.5 Å². The SMILES string of the molecule is CC(C)S(=O)(=O)c1ccccc1Nc1nc(Nc2cc3c(cc2F)CCN(C)C3)nnc1C(N)=O. The van der Waals surface area contributed by atoms with E-state index in [1.807, 2.05) is 7.05 Å². The van der Waals surface area contributed by atoms with Gasteiger partial charge in [0.2, 0.25) is 5.95 Å². The van der Waals surface area contributed by atoms with Crippen molar-refractivity contribution in [2.75, 3.05) is 24.2 Å². The molecule has 0 radical (unpaired) electrons. The maximum absolute atomic E-state index is 14.8. The largest absolute Gasteiger partial charge is 0.364 e. The van der Waals surface area contributed by atoms with E-state index in [4.69, 9.17) is 5.73 Å². The summed E-state index contributed by atoms with van der Waals surface area (Å²) in [4.78, 5) is 18.4. The zero-order valence-electron chi connectivity index (χ0n) is 19.5. The maximum atomic E-state index is 14.8. The van der Waals surface area contributed by atoms with Crippen LogP contribution in [0.2, 0.25) is 0 Å². The quantitative estimate of drug-likeness (QED) is 0.447. The highest BCUT2D eigenvalue weighted by Gasteiger charge is 2.24. The first kappa shape index (κ1) is 24.5. The van der Waals surface area contributed by atoms with E-state index >= 15 is 0 Å². The van der Waals surface area contributed by atoms with Crippen LogP contribution in [-0.4, -0.2) is 53.2 Å². The number of sulfone groups is 1. The first-order valence-electron chi connectivity index (χ1n) is 11.0. The molecule has 0 unspecified atom stereocenters. The van der Waals surface area contributed by atoms with Gasteiger partial charge in [-0.2, -0.15) is 4.98 Å². The molecule has 4 rings (SSSR count). The Morgan fingerprint density at radius 3 is 2.57 bits per heavy atom. The number of likely N-dealkylation sites (N-methyl/N-ethyl adjacent to an activating group) is 1. The first-order chi connectivity index (χ1) is 16.6. The van der Waals surface area contributed by atoms with Gasteiger partial charge in [-0.1, -0.05) is 12.1 Å². The molecule has 0 aliphatic carbocycles. The Bertz CT molecular complexity index is 1400. The Labute approximate surface area is 202 Å². The highest BCUT2D eigenvalue weighted by Crippen LogP contribution is 2.30. The highest BCUT2D eigenvalue weighted by molar-refractivity contribution is 7.92. The Hall–Kier alpha value is -3.64. The first-order valence-corrected chi connectivity index (χ1v) is 12.5. The molecule has 1 aliphatic heterocycles. The summed E-state index contributed by atoms with van der Waals surface area (Å²) in [5, 5.41) is 12.7. The number of hydrogen-bond donors (Lipinski definition) is 3. The molecule has 1 aromatic heterocycles. The van der Waals surface area contributed by atoms with E-state index in [9.17, 15) is 17.6 Å². The summed E-state index contributed by atoms with van der Waals surface area (Å²) in [6.07, 6.45) is 0.751. The molecular weight excluding hydrogens is 473 g/mol. The molecule has 0 saturated heterocycles. The van der Waals surface area contributed by atoms with Crippen LogP contribution in [0.5, 0.6) is 0 Å². The van der Waals surface area contributed by atoms with Crippen molar-refractivity contribution < 1.29 is 17.6 Å². The van der Waals surface area contributed by atoms with Crippen LogP contribution in [0.15, 0.2) is 41.3 Å². The van der Waals surface area contributed by atoms with E-state index in [0.717, 1.165) is 24.1 Å². The maximum Gasteiger partial charge on any atom is 0.273 e. The standard InChI is InChI=1S/C23H26FN7O3S/c1-13(2)35(33,34)19-7-5-4-6-17(19)26-22-20(21(25)32)29-30-23(28-22)27-18-11-15-12-31(3)9-8-14(15)10-16(18)24/h4-7,10-11,13H,8-9,12H2,1-3H3,(H2,25,32)(H2,26,27,28,30). The molecule has 184 valence electrons. The zero-order chi connectivity index (χ0) is 25.3. The number of para-hydroxylation sites is 1. The van der Waals surface area contributed by atoms with Crippen LogP contribution in [0, 0.1) is 5.82 Å². The van der Waals surface area contributed by atoms with E-state index in [-0.39, 0.29) is 33.7 Å². The van der Waals surface area contributed by atoms with Gasteiger partial charge in [-0.05, 0) is 62.7 Å². The third-order valence-corrected chi connectivity index (χ3v) is 7.94. The number of nitrogens with zero attached hydrogens (tertiary/aromatic N) is 4. The molecule has 3 aromatic rings. The molecule has 1 amide bonds. The number of amides is 1. The number of nitrogens with one attached hydrogen (secondary N) is 2. The number of rotatable bonds is 7. The number of nitrogens with two attached hydrogens (primary N) is 1. The third kappa shape index (κ3) is 5.08. The van der Waals surface area contributed by atoms with Gasteiger partial charge in [-0.3, -0.25) is 4.79 Å². The molecule has 1 aliphatic rings. The normalized spacial score (nSPS) is 14.0. The second-order valence-corrected chi connectivity index (χ2v) is 11.1. The van der Waals surface area contributed by atoms with Gasteiger partial charge < -0.3 is 21.3 Å². The van der Waals surface area contributed by atoms with Crippen molar-refractivity contribution in [3.63, 3.8) is 0 Å². The van der Waals surface area contributed by atoms with E-state index in [1.165, 1.54) is 18.2 Å². The highest BCUT2D eigenvalue weighted by atomic mass is 32.2. The molecule has 0 fully saturated rings. The molecule has 35 heavy (non-hydrogen) atoms. The predicted octanol–water partition coefficient (Wildman–Crippen LogP) is 2.77. The molecule has 0 atom stereocenters. The smallest absolute Gasteiger partial charge is 0.273 e. The molecule has 4 N–H and O–H groups in total. The fraction of sp³-hybridized carbons (Fsp3) is 0.304.